The molecule has 7 heteroatoms. The molecule has 7 nitrogen and oxygen atoms in total. The molecule has 108 valence electrons. The second-order valence-corrected chi connectivity index (χ2v) is 5.46. The molecule has 0 saturated carbocycles. The van der Waals surface area contributed by atoms with E-state index in [0.717, 1.165) is 25.5 Å². The molecule has 1 fully saturated rings. The van der Waals surface area contributed by atoms with Gasteiger partial charge in [-0.25, -0.2) is 19.3 Å². The summed E-state index contributed by atoms with van der Waals surface area (Å²) in [5.74, 6) is 2.22. The molecular weight excluding hydrogens is 256 g/mol. The Bertz CT molecular complexity index is 654. The van der Waals surface area contributed by atoms with Crippen LogP contribution in [0.25, 0.3) is 5.65 Å². The van der Waals surface area contributed by atoms with Gasteiger partial charge in [0.15, 0.2) is 5.65 Å². The number of fused-ring (bicyclic) bond motifs is 1. The summed E-state index contributed by atoms with van der Waals surface area (Å²) in [6.45, 7) is 5.00. The topological polar surface area (TPSA) is 78.3 Å². The van der Waals surface area contributed by atoms with Crippen LogP contribution in [-0.4, -0.2) is 46.3 Å². The standard InChI is InChI=1S/C13H20N6O/c1-9-15-11(7-12-16-17-13(20)19(9)12)18(2)8-10-3-5-14-6-4-10/h7,10,14H,3-6,8H2,1-2H3,(H,17,20). The number of piperidine rings is 1. The number of H-pyrrole nitrogens is 1. The fourth-order valence-corrected chi connectivity index (χ4v) is 2.82. The van der Waals surface area contributed by atoms with E-state index in [1.165, 1.54) is 17.2 Å². The van der Waals surface area contributed by atoms with E-state index in [1.807, 2.05) is 20.0 Å². The fourth-order valence-electron chi connectivity index (χ4n) is 2.82. The van der Waals surface area contributed by atoms with Crippen LogP contribution in [0.15, 0.2) is 10.9 Å². The summed E-state index contributed by atoms with van der Waals surface area (Å²) in [6.07, 6.45) is 2.40. The number of aryl methyl sites for hydroxylation is 1. The number of rotatable bonds is 3. The van der Waals surface area contributed by atoms with E-state index >= 15 is 0 Å². The number of nitrogens with one attached hydrogen (secondary N) is 2. The van der Waals surface area contributed by atoms with Crippen LogP contribution in [0.1, 0.15) is 18.7 Å². The molecule has 0 radical (unpaired) electrons. The third-order valence-electron chi connectivity index (χ3n) is 3.94. The smallest absolute Gasteiger partial charge is 0.349 e. The summed E-state index contributed by atoms with van der Waals surface area (Å²) >= 11 is 0. The van der Waals surface area contributed by atoms with Crippen LogP contribution in [0.3, 0.4) is 0 Å². The Kier molecular flexibility index (Phi) is 3.43. The molecule has 0 aliphatic carbocycles. The van der Waals surface area contributed by atoms with Crippen molar-refractivity contribution in [1.29, 1.82) is 0 Å². The largest absolute Gasteiger partial charge is 0.359 e. The van der Waals surface area contributed by atoms with Crippen LogP contribution in [0, 0.1) is 12.8 Å². The Morgan fingerprint density at radius 3 is 2.95 bits per heavy atom. The van der Waals surface area contributed by atoms with Crippen molar-refractivity contribution in [2.75, 3.05) is 31.6 Å². The number of hydrogen-bond donors (Lipinski definition) is 2. The molecule has 2 N–H and O–H groups in total. The summed E-state index contributed by atoms with van der Waals surface area (Å²) in [4.78, 5) is 18.2. The molecule has 3 heterocycles. The zero-order chi connectivity index (χ0) is 14.1. The van der Waals surface area contributed by atoms with E-state index in [4.69, 9.17) is 0 Å². The molecule has 0 spiro atoms. The summed E-state index contributed by atoms with van der Waals surface area (Å²) in [5.41, 5.74) is 0.382. The highest BCUT2D eigenvalue weighted by Gasteiger charge is 2.17. The lowest BCUT2D eigenvalue weighted by molar-refractivity contribution is 0.377. The molecule has 0 unspecified atom stereocenters. The van der Waals surface area contributed by atoms with Crippen molar-refractivity contribution in [3.05, 3.63) is 22.4 Å². The van der Waals surface area contributed by atoms with Gasteiger partial charge >= 0.3 is 5.69 Å². The molecule has 1 aliphatic rings. The highest BCUT2D eigenvalue weighted by Crippen LogP contribution is 2.18. The van der Waals surface area contributed by atoms with Crippen molar-refractivity contribution in [3.63, 3.8) is 0 Å². The van der Waals surface area contributed by atoms with Crippen LogP contribution in [0.4, 0.5) is 5.82 Å². The van der Waals surface area contributed by atoms with Crippen molar-refractivity contribution in [1.82, 2.24) is 24.9 Å². The van der Waals surface area contributed by atoms with Crippen molar-refractivity contribution >= 4 is 11.5 Å². The van der Waals surface area contributed by atoms with Gasteiger partial charge in [0, 0.05) is 19.7 Å². The Labute approximate surface area is 117 Å². The van der Waals surface area contributed by atoms with Crippen molar-refractivity contribution in [2.45, 2.75) is 19.8 Å². The van der Waals surface area contributed by atoms with Gasteiger partial charge in [0.25, 0.3) is 0 Å². The van der Waals surface area contributed by atoms with Crippen LogP contribution >= 0.6 is 0 Å². The van der Waals surface area contributed by atoms with Crippen molar-refractivity contribution in [2.24, 2.45) is 5.92 Å². The first kappa shape index (κ1) is 13.1. The van der Waals surface area contributed by atoms with E-state index in [1.54, 1.807) is 0 Å². The minimum absolute atomic E-state index is 0.238. The number of nitrogens with zero attached hydrogens (tertiary/aromatic N) is 4. The molecule has 2 aromatic rings. The van der Waals surface area contributed by atoms with Crippen LogP contribution in [0.2, 0.25) is 0 Å². The lowest BCUT2D eigenvalue weighted by atomic mass is 9.98. The van der Waals surface area contributed by atoms with Gasteiger partial charge in [-0.05, 0) is 38.8 Å². The number of aromatic nitrogens is 4. The van der Waals surface area contributed by atoms with Gasteiger partial charge in [-0.1, -0.05) is 0 Å². The first-order valence-corrected chi connectivity index (χ1v) is 7.02. The van der Waals surface area contributed by atoms with Gasteiger partial charge in [-0.2, -0.15) is 5.10 Å². The number of hydrogen-bond acceptors (Lipinski definition) is 5. The average molecular weight is 276 g/mol. The van der Waals surface area contributed by atoms with Gasteiger partial charge in [-0.3, -0.25) is 0 Å². The van der Waals surface area contributed by atoms with Gasteiger partial charge < -0.3 is 10.2 Å². The number of anilines is 1. The number of aromatic amines is 1. The highest BCUT2D eigenvalue weighted by molar-refractivity contribution is 5.50. The first-order valence-electron chi connectivity index (χ1n) is 7.02. The van der Waals surface area contributed by atoms with Gasteiger partial charge in [0.2, 0.25) is 0 Å². The molecule has 2 aromatic heterocycles. The molecule has 20 heavy (non-hydrogen) atoms. The van der Waals surface area contributed by atoms with Crippen molar-refractivity contribution < 1.29 is 0 Å². The third-order valence-corrected chi connectivity index (χ3v) is 3.94. The Hall–Kier alpha value is -1.89. The lowest BCUT2D eigenvalue weighted by Crippen LogP contribution is -2.35. The SMILES string of the molecule is Cc1nc(N(C)CC2CCNCC2)cc2n[nH]c(=O)n12. The van der Waals surface area contributed by atoms with E-state index in [0.29, 0.717) is 17.4 Å². The summed E-state index contributed by atoms with van der Waals surface area (Å²) in [7, 11) is 2.05. The van der Waals surface area contributed by atoms with Gasteiger partial charge in [0.1, 0.15) is 11.6 Å². The second-order valence-electron chi connectivity index (χ2n) is 5.46. The molecule has 0 atom stereocenters. The second kappa shape index (κ2) is 5.24. The quantitative estimate of drug-likeness (QED) is 0.835. The van der Waals surface area contributed by atoms with Crippen LogP contribution in [-0.2, 0) is 0 Å². The zero-order valence-electron chi connectivity index (χ0n) is 11.9. The molecule has 0 aromatic carbocycles. The van der Waals surface area contributed by atoms with Crippen molar-refractivity contribution in [3.8, 4) is 0 Å². The maximum Gasteiger partial charge on any atom is 0.349 e. The minimum Gasteiger partial charge on any atom is -0.359 e. The average Bonchev–Trinajstić information content (AvgIpc) is 2.82. The monoisotopic (exact) mass is 276 g/mol. The van der Waals surface area contributed by atoms with E-state index < -0.39 is 0 Å². The van der Waals surface area contributed by atoms with Crippen LogP contribution < -0.4 is 15.9 Å². The molecular formula is C13H20N6O. The summed E-state index contributed by atoms with van der Waals surface area (Å²) in [5, 5.41) is 9.85. The lowest BCUT2D eigenvalue weighted by Gasteiger charge is -2.28. The Morgan fingerprint density at radius 2 is 2.20 bits per heavy atom. The molecule has 1 saturated heterocycles. The third kappa shape index (κ3) is 2.40. The van der Waals surface area contributed by atoms with Gasteiger partial charge in [0.05, 0.1) is 0 Å². The summed E-state index contributed by atoms with van der Waals surface area (Å²) in [6, 6.07) is 1.85. The van der Waals surface area contributed by atoms with E-state index in [2.05, 4.69) is 25.4 Å². The first-order chi connectivity index (χ1) is 9.65. The molecule has 0 amide bonds. The zero-order valence-corrected chi connectivity index (χ0v) is 11.9. The predicted octanol–water partition coefficient (Wildman–Crippen LogP) is 0.162. The maximum absolute atomic E-state index is 11.6. The van der Waals surface area contributed by atoms with Gasteiger partial charge in [-0.15, -0.1) is 0 Å². The Balaban J connectivity index is 1.83. The predicted molar refractivity (Wildman–Crippen MR) is 77.2 cm³/mol. The van der Waals surface area contributed by atoms with E-state index in [-0.39, 0.29) is 5.69 Å². The molecule has 1 aliphatic heterocycles. The fraction of sp³-hybridized carbons (Fsp3) is 0.615. The maximum atomic E-state index is 11.6. The van der Waals surface area contributed by atoms with E-state index in [9.17, 15) is 4.79 Å². The molecule has 3 rings (SSSR count). The van der Waals surface area contributed by atoms with Crippen LogP contribution in [0.5, 0.6) is 0 Å². The summed E-state index contributed by atoms with van der Waals surface area (Å²) < 4.78 is 1.49. The molecule has 0 bridgehead atoms. The minimum atomic E-state index is -0.238. The Morgan fingerprint density at radius 1 is 1.45 bits per heavy atom. The normalized spacial score (nSPS) is 16.7. The highest BCUT2D eigenvalue weighted by atomic mass is 16.1.